The van der Waals surface area contributed by atoms with Crippen molar-refractivity contribution in [2.75, 3.05) is 12.9 Å². The van der Waals surface area contributed by atoms with Gasteiger partial charge in [-0.3, -0.25) is 14.3 Å². The summed E-state index contributed by atoms with van der Waals surface area (Å²) in [7, 11) is -2.20. The fourth-order valence-corrected chi connectivity index (χ4v) is 3.26. The first-order valence-electron chi connectivity index (χ1n) is 7.35. The molecule has 0 aromatic heterocycles. The van der Waals surface area contributed by atoms with Crippen LogP contribution in [0.1, 0.15) is 43.1 Å². The van der Waals surface area contributed by atoms with Crippen molar-refractivity contribution in [3.05, 3.63) is 29.3 Å². The number of Topliss-reactive ketones (excluding diaryl/α,β-unsaturated/α-hetero) is 1. The molecule has 1 aromatic carbocycles. The van der Waals surface area contributed by atoms with Gasteiger partial charge in [-0.25, -0.2) is 8.42 Å². The van der Waals surface area contributed by atoms with Crippen LogP contribution in [-0.2, 0) is 21.2 Å². The number of hydrogen-bond acceptors (Lipinski definition) is 5. The van der Waals surface area contributed by atoms with Crippen LogP contribution in [0.5, 0.6) is 5.75 Å². The molecule has 0 saturated carbocycles. The summed E-state index contributed by atoms with van der Waals surface area (Å²) in [5, 5.41) is 0. The summed E-state index contributed by atoms with van der Waals surface area (Å²) >= 11 is 0. The second-order valence-electron chi connectivity index (χ2n) is 5.79. The first-order chi connectivity index (χ1) is 10.6. The fraction of sp³-hybridized carbons (Fsp3) is 0.500. The highest BCUT2D eigenvalue weighted by atomic mass is 32.2. The van der Waals surface area contributed by atoms with E-state index in [9.17, 15) is 18.0 Å². The summed E-state index contributed by atoms with van der Waals surface area (Å²) in [6.45, 7) is 5.24. The Kier molecular flexibility index (Phi) is 6.75. The summed E-state index contributed by atoms with van der Waals surface area (Å²) in [5.41, 5.74) is 0.910. The van der Waals surface area contributed by atoms with Crippen molar-refractivity contribution >= 4 is 21.7 Å². The number of carbonyl (C=O) groups is 2. The Hall–Kier alpha value is -1.89. The van der Waals surface area contributed by atoms with E-state index in [0.29, 0.717) is 23.3 Å². The van der Waals surface area contributed by atoms with Gasteiger partial charge in [0, 0.05) is 11.1 Å². The molecule has 0 heterocycles. The van der Waals surface area contributed by atoms with Gasteiger partial charge in [0.2, 0.25) is 15.9 Å². The average molecular weight is 341 g/mol. The van der Waals surface area contributed by atoms with Crippen molar-refractivity contribution in [2.45, 2.75) is 33.6 Å². The summed E-state index contributed by atoms with van der Waals surface area (Å²) in [4.78, 5) is 23.4. The molecule has 1 rings (SSSR count). The van der Waals surface area contributed by atoms with Crippen LogP contribution in [0.3, 0.4) is 0 Å². The molecule has 1 aromatic rings. The van der Waals surface area contributed by atoms with Crippen LogP contribution in [0.4, 0.5) is 0 Å². The Morgan fingerprint density at radius 1 is 1.26 bits per heavy atom. The molecule has 6 nitrogen and oxygen atoms in total. The molecular formula is C16H23NO5S. The summed E-state index contributed by atoms with van der Waals surface area (Å²) in [6, 6.07) is 4.73. The first-order valence-corrected chi connectivity index (χ1v) is 9.01. The Labute approximate surface area is 137 Å². The zero-order valence-electron chi connectivity index (χ0n) is 13.9. The van der Waals surface area contributed by atoms with Crippen LogP contribution in [0, 0.1) is 5.92 Å². The second kappa shape index (κ2) is 8.10. The van der Waals surface area contributed by atoms with Gasteiger partial charge in [-0.05, 0) is 37.5 Å². The highest BCUT2D eigenvalue weighted by molar-refractivity contribution is 7.90. The number of hydrogen-bond donors (Lipinski definition) is 1. The van der Waals surface area contributed by atoms with E-state index < -0.39 is 15.9 Å². The molecule has 0 aliphatic carbocycles. The van der Waals surface area contributed by atoms with E-state index in [0.717, 1.165) is 0 Å². The quantitative estimate of drug-likeness (QED) is 0.730. The molecule has 128 valence electrons. The standard InChI is InChI=1S/C16H23NO5S/c1-11(2)7-8-23(20,21)17-16(19)10-14-9-13(12(3)18)5-6-15(14)22-4/h5-6,9,11H,7-8,10H2,1-4H3,(H,17,19). The van der Waals surface area contributed by atoms with E-state index in [-0.39, 0.29) is 23.9 Å². The molecule has 0 aliphatic heterocycles. The number of carbonyl (C=O) groups excluding carboxylic acids is 2. The molecule has 0 unspecified atom stereocenters. The number of amides is 1. The smallest absolute Gasteiger partial charge is 0.237 e. The third-order valence-corrected chi connectivity index (χ3v) is 4.58. The van der Waals surface area contributed by atoms with Gasteiger partial charge in [0.1, 0.15) is 5.75 Å². The van der Waals surface area contributed by atoms with E-state index in [4.69, 9.17) is 4.74 Å². The van der Waals surface area contributed by atoms with Gasteiger partial charge in [0.25, 0.3) is 0 Å². The molecule has 0 fully saturated rings. The summed E-state index contributed by atoms with van der Waals surface area (Å²) in [6.07, 6.45) is 0.303. The SMILES string of the molecule is COc1ccc(C(C)=O)cc1CC(=O)NS(=O)(=O)CCC(C)C. The van der Waals surface area contributed by atoms with Gasteiger partial charge >= 0.3 is 0 Å². The van der Waals surface area contributed by atoms with Crippen molar-refractivity contribution in [2.24, 2.45) is 5.92 Å². The van der Waals surface area contributed by atoms with Crippen LogP contribution < -0.4 is 9.46 Å². The molecule has 23 heavy (non-hydrogen) atoms. The molecule has 1 amide bonds. The minimum Gasteiger partial charge on any atom is -0.496 e. The maximum Gasteiger partial charge on any atom is 0.237 e. The van der Waals surface area contributed by atoms with Crippen LogP contribution in [-0.4, -0.2) is 33.0 Å². The van der Waals surface area contributed by atoms with Gasteiger partial charge in [-0.2, -0.15) is 0 Å². The molecule has 0 spiro atoms. The summed E-state index contributed by atoms with van der Waals surface area (Å²) < 4.78 is 30.9. The summed E-state index contributed by atoms with van der Waals surface area (Å²) in [5.74, 6) is -0.216. The van der Waals surface area contributed by atoms with Crippen LogP contribution in [0.25, 0.3) is 0 Å². The number of rotatable bonds is 8. The lowest BCUT2D eigenvalue weighted by atomic mass is 10.0. The fourth-order valence-electron chi connectivity index (χ4n) is 1.96. The van der Waals surface area contributed by atoms with Crippen molar-refractivity contribution in [1.29, 1.82) is 0 Å². The number of sulfonamides is 1. The number of benzene rings is 1. The molecule has 0 bridgehead atoms. The minimum absolute atomic E-state index is 0.0962. The molecule has 1 N–H and O–H groups in total. The zero-order chi connectivity index (χ0) is 17.6. The van der Waals surface area contributed by atoms with Gasteiger partial charge < -0.3 is 4.74 Å². The predicted molar refractivity (Wildman–Crippen MR) is 88.1 cm³/mol. The molecule has 0 radical (unpaired) electrons. The van der Waals surface area contributed by atoms with Gasteiger partial charge in [0.15, 0.2) is 5.78 Å². The maximum atomic E-state index is 12.0. The topological polar surface area (TPSA) is 89.5 Å². The van der Waals surface area contributed by atoms with Crippen molar-refractivity contribution in [3.8, 4) is 5.75 Å². The number of ketones is 1. The predicted octanol–water partition coefficient (Wildman–Crippen LogP) is 1.93. The van der Waals surface area contributed by atoms with Gasteiger partial charge in [0.05, 0.1) is 19.3 Å². The van der Waals surface area contributed by atoms with E-state index >= 15 is 0 Å². The Balaban J connectivity index is 2.84. The molecular weight excluding hydrogens is 318 g/mol. The van der Waals surface area contributed by atoms with Crippen molar-refractivity contribution < 1.29 is 22.7 Å². The van der Waals surface area contributed by atoms with Crippen molar-refractivity contribution in [1.82, 2.24) is 4.72 Å². The van der Waals surface area contributed by atoms with E-state index in [1.165, 1.54) is 14.0 Å². The molecule has 0 atom stereocenters. The van der Waals surface area contributed by atoms with Gasteiger partial charge in [-0.15, -0.1) is 0 Å². The Morgan fingerprint density at radius 3 is 2.43 bits per heavy atom. The number of nitrogens with one attached hydrogen (secondary N) is 1. The highest BCUT2D eigenvalue weighted by Crippen LogP contribution is 2.21. The number of ether oxygens (including phenoxy) is 1. The van der Waals surface area contributed by atoms with Crippen LogP contribution >= 0.6 is 0 Å². The highest BCUT2D eigenvalue weighted by Gasteiger charge is 2.17. The lowest BCUT2D eigenvalue weighted by Gasteiger charge is -2.11. The largest absolute Gasteiger partial charge is 0.496 e. The lowest BCUT2D eigenvalue weighted by Crippen LogP contribution is -2.34. The van der Waals surface area contributed by atoms with Gasteiger partial charge in [-0.1, -0.05) is 13.8 Å². The van der Waals surface area contributed by atoms with Crippen molar-refractivity contribution in [3.63, 3.8) is 0 Å². The normalized spacial score (nSPS) is 11.3. The first kappa shape index (κ1) is 19.2. The number of methoxy groups -OCH3 is 1. The van der Waals surface area contributed by atoms with E-state index in [1.807, 2.05) is 13.8 Å². The monoisotopic (exact) mass is 341 g/mol. The van der Waals surface area contributed by atoms with E-state index in [1.54, 1.807) is 18.2 Å². The molecule has 0 aliphatic rings. The van der Waals surface area contributed by atoms with Crippen LogP contribution in [0.2, 0.25) is 0 Å². The third kappa shape index (κ3) is 6.40. The third-order valence-electron chi connectivity index (χ3n) is 3.27. The Bertz CT molecular complexity index is 680. The lowest BCUT2D eigenvalue weighted by molar-refractivity contribution is -0.118. The maximum absolute atomic E-state index is 12.0. The molecule has 7 heteroatoms. The molecule has 0 saturated heterocycles. The zero-order valence-corrected chi connectivity index (χ0v) is 14.7. The average Bonchev–Trinajstić information content (AvgIpc) is 2.44. The van der Waals surface area contributed by atoms with Crippen LogP contribution in [0.15, 0.2) is 18.2 Å². The minimum atomic E-state index is -3.65. The Morgan fingerprint density at radius 2 is 1.91 bits per heavy atom. The van der Waals surface area contributed by atoms with E-state index in [2.05, 4.69) is 4.72 Å². The second-order valence-corrected chi connectivity index (χ2v) is 7.63.